The molecule has 1 saturated heterocycles. The van der Waals surface area contributed by atoms with Crippen molar-refractivity contribution in [2.45, 2.75) is 13.3 Å². The second-order valence-corrected chi connectivity index (χ2v) is 6.22. The lowest BCUT2D eigenvalue weighted by molar-refractivity contribution is 0.0644. The predicted molar refractivity (Wildman–Crippen MR) is 87.2 cm³/mol. The second kappa shape index (κ2) is 7.66. The first-order valence-electron chi connectivity index (χ1n) is 7.38. The number of aromatic amines is 1. The van der Waals surface area contributed by atoms with Crippen LogP contribution in [0.5, 0.6) is 0 Å². The van der Waals surface area contributed by atoms with Crippen LogP contribution in [-0.2, 0) is 6.42 Å². The fourth-order valence-corrected chi connectivity index (χ4v) is 2.93. The van der Waals surface area contributed by atoms with E-state index in [-0.39, 0.29) is 11.5 Å². The van der Waals surface area contributed by atoms with Crippen LogP contribution in [0.4, 0.5) is 0 Å². The van der Waals surface area contributed by atoms with Crippen LogP contribution in [0, 0.1) is 0 Å². The molecule has 2 heterocycles. The minimum Gasteiger partial charge on any atom is -0.336 e. The number of nitrogens with one attached hydrogen (secondary N) is 1. The highest BCUT2D eigenvalue weighted by molar-refractivity contribution is 7.98. The summed E-state index contributed by atoms with van der Waals surface area (Å²) in [5, 5.41) is 0. The highest BCUT2D eigenvalue weighted by Crippen LogP contribution is 2.09. The summed E-state index contributed by atoms with van der Waals surface area (Å²) in [4.78, 5) is 31.1. The summed E-state index contributed by atoms with van der Waals surface area (Å²) in [6.07, 6.45) is 2.83. The number of rotatable bonds is 5. The zero-order valence-corrected chi connectivity index (χ0v) is 13.5. The Morgan fingerprint density at radius 2 is 2.00 bits per heavy atom. The van der Waals surface area contributed by atoms with E-state index in [2.05, 4.69) is 16.1 Å². The summed E-state index contributed by atoms with van der Waals surface area (Å²) < 4.78 is 0. The molecule has 2 rings (SSSR count). The second-order valence-electron chi connectivity index (χ2n) is 5.24. The summed E-state index contributed by atoms with van der Waals surface area (Å²) in [6.45, 7) is 6.34. The van der Waals surface area contributed by atoms with Crippen molar-refractivity contribution in [2.24, 2.45) is 0 Å². The van der Waals surface area contributed by atoms with Gasteiger partial charge >= 0.3 is 0 Å². The topological polar surface area (TPSA) is 56.4 Å². The zero-order chi connectivity index (χ0) is 15.2. The van der Waals surface area contributed by atoms with Crippen LogP contribution >= 0.6 is 11.8 Å². The van der Waals surface area contributed by atoms with Crippen molar-refractivity contribution in [3.63, 3.8) is 0 Å². The van der Waals surface area contributed by atoms with E-state index in [0.29, 0.717) is 5.56 Å². The molecule has 0 radical (unpaired) electrons. The first-order chi connectivity index (χ1) is 10.1. The molecule has 0 atom stereocenters. The third-order valence-corrected chi connectivity index (χ3v) is 4.39. The van der Waals surface area contributed by atoms with Gasteiger partial charge in [-0.25, -0.2) is 0 Å². The third-order valence-electron chi connectivity index (χ3n) is 3.80. The van der Waals surface area contributed by atoms with Crippen LogP contribution in [0.15, 0.2) is 16.9 Å². The molecule has 0 aliphatic carbocycles. The normalized spacial score (nSPS) is 16.2. The maximum Gasteiger partial charge on any atom is 0.254 e. The van der Waals surface area contributed by atoms with E-state index in [1.54, 1.807) is 6.07 Å². The molecule has 0 bridgehead atoms. The number of piperazine rings is 1. The van der Waals surface area contributed by atoms with Gasteiger partial charge in [-0.3, -0.25) is 14.5 Å². The summed E-state index contributed by atoms with van der Waals surface area (Å²) in [5.41, 5.74) is 1.12. The lowest BCUT2D eigenvalue weighted by Crippen LogP contribution is -2.49. The van der Waals surface area contributed by atoms with E-state index in [4.69, 9.17) is 0 Å². The Kier molecular flexibility index (Phi) is 5.87. The monoisotopic (exact) mass is 309 g/mol. The molecule has 21 heavy (non-hydrogen) atoms. The first-order valence-corrected chi connectivity index (χ1v) is 8.77. The molecule has 116 valence electrons. The van der Waals surface area contributed by atoms with Crippen molar-refractivity contribution in [1.82, 2.24) is 14.8 Å². The van der Waals surface area contributed by atoms with Gasteiger partial charge in [0.1, 0.15) is 0 Å². The molecule has 0 unspecified atom stereocenters. The molecular formula is C15H23N3O2S. The van der Waals surface area contributed by atoms with E-state index in [1.807, 2.05) is 23.6 Å². The number of H-pyrrole nitrogens is 1. The minimum absolute atomic E-state index is 0.0275. The molecule has 1 amide bonds. The molecule has 1 aromatic heterocycles. The van der Waals surface area contributed by atoms with E-state index in [9.17, 15) is 9.59 Å². The summed E-state index contributed by atoms with van der Waals surface area (Å²) in [7, 11) is 0. The van der Waals surface area contributed by atoms with Crippen LogP contribution in [0.25, 0.3) is 0 Å². The van der Waals surface area contributed by atoms with Gasteiger partial charge in [0.25, 0.3) is 5.91 Å². The van der Waals surface area contributed by atoms with E-state index < -0.39 is 0 Å². The first kappa shape index (κ1) is 16.1. The fraction of sp³-hybridized carbons (Fsp3) is 0.600. The van der Waals surface area contributed by atoms with Gasteiger partial charge < -0.3 is 9.88 Å². The van der Waals surface area contributed by atoms with Gasteiger partial charge in [0, 0.05) is 55.8 Å². The van der Waals surface area contributed by atoms with Crippen LogP contribution in [0.2, 0.25) is 0 Å². The van der Waals surface area contributed by atoms with Crippen molar-refractivity contribution in [3.8, 4) is 0 Å². The predicted octanol–water partition coefficient (Wildman–Crippen LogP) is 1.06. The maximum absolute atomic E-state index is 12.5. The molecule has 5 nitrogen and oxygen atoms in total. The Bertz CT molecular complexity index is 536. The maximum atomic E-state index is 12.5. The molecular weight excluding hydrogens is 286 g/mol. The van der Waals surface area contributed by atoms with Gasteiger partial charge in [-0.15, -0.1) is 0 Å². The number of amides is 1. The molecule has 1 N–H and O–H groups in total. The molecule has 6 heteroatoms. The summed E-state index contributed by atoms with van der Waals surface area (Å²) in [5.74, 6) is 1.10. The standard InChI is InChI=1S/C15H23N3O2S/c1-3-13-10-12(11-14(19)16-13)15(20)18-6-4-17(5-7-18)8-9-21-2/h10-11H,3-9H2,1-2H3,(H,16,19). The van der Waals surface area contributed by atoms with E-state index in [0.717, 1.165) is 50.6 Å². The Morgan fingerprint density at radius 3 is 2.62 bits per heavy atom. The smallest absolute Gasteiger partial charge is 0.254 e. The molecule has 0 spiro atoms. The number of nitrogens with zero attached hydrogens (tertiary/aromatic N) is 2. The quantitative estimate of drug-likeness (QED) is 0.883. The number of carbonyl (C=O) groups is 1. The van der Waals surface area contributed by atoms with Gasteiger partial charge in [0.05, 0.1) is 0 Å². The number of aryl methyl sites for hydroxylation is 1. The highest BCUT2D eigenvalue weighted by Gasteiger charge is 2.22. The fourth-order valence-electron chi connectivity index (χ4n) is 2.49. The lowest BCUT2D eigenvalue weighted by atomic mass is 10.1. The number of pyridine rings is 1. The number of carbonyl (C=O) groups excluding carboxylic acids is 1. The third kappa shape index (κ3) is 4.35. The van der Waals surface area contributed by atoms with Crippen LogP contribution in [-0.4, -0.2) is 65.4 Å². The average Bonchev–Trinajstić information content (AvgIpc) is 2.52. The van der Waals surface area contributed by atoms with E-state index >= 15 is 0 Å². The van der Waals surface area contributed by atoms with Gasteiger partial charge in [-0.05, 0) is 18.7 Å². The molecule has 1 aliphatic heterocycles. The average molecular weight is 309 g/mol. The van der Waals surface area contributed by atoms with Crippen molar-refractivity contribution < 1.29 is 4.79 Å². The molecule has 1 aliphatic rings. The van der Waals surface area contributed by atoms with Crippen molar-refractivity contribution in [2.75, 3.05) is 44.7 Å². The lowest BCUT2D eigenvalue weighted by Gasteiger charge is -2.34. The number of aromatic nitrogens is 1. The van der Waals surface area contributed by atoms with Crippen LogP contribution in [0.1, 0.15) is 23.0 Å². The molecule has 1 fully saturated rings. The molecule has 1 aromatic rings. The number of thioether (sulfide) groups is 1. The Balaban J connectivity index is 1.98. The van der Waals surface area contributed by atoms with Crippen molar-refractivity contribution >= 4 is 17.7 Å². The number of hydrogen-bond acceptors (Lipinski definition) is 4. The van der Waals surface area contributed by atoms with Gasteiger partial charge in [0.2, 0.25) is 5.56 Å². The Hall–Kier alpha value is -1.27. The van der Waals surface area contributed by atoms with Crippen molar-refractivity contribution in [3.05, 3.63) is 33.7 Å². The van der Waals surface area contributed by atoms with E-state index in [1.165, 1.54) is 6.07 Å². The molecule has 0 saturated carbocycles. The van der Waals surface area contributed by atoms with Crippen molar-refractivity contribution in [1.29, 1.82) is 0 Å². The van der Waals surface area contributed by atoms with Crippen LogP contribution < -0.4 is 5.56 Å². The zero-order valence-electron chi connectivity index (χ0n) is 12.7. The highest BCUT2D eigenvalue weighted by atomic mass is 32.2. The Morgan fingerprint density at radius 1 is 1.29 bits per heavy atom. The summed E-state index contributed by atoms with van der Waals surface area (Å²) >= 11 is 1.84. The van der Waals surface area contributed by atoms with Gasteiger partial charge in [0.15, 0.2) is 0 Å². The SMILES string of the molecule is CCc1cc(C(=O)N2CCN(CCSC)CC2)cc(=O)[nH]1. The number of hydrogen-bond donors (Lipinski definition) is 1. The van der Waals surface area contributed by atoms with Gasteiger partial charge in [-0.2, -0.15) is 11.8 Å². The molecule has 0 aromatic carbocycles. The van der Waals surface area contributed by atoms with Crippen LogP contribution in [0.3, 0.4) is 0 Å². The summed E-state index contributed by atoms with van der Waals surface area (Å²) in [6, 6.07) is 3.20. The largest absolute Gasteiger partial charge is 0.336 e. The minimum atomic E-state index is -0.198. The Labute approximate surface area is 129 Å². The van der Waals surface area contributed by atoms with Gasteiger partial charge in [-0.1, -0.05) is 6.92 Å².